The molecule has 0 saturated carbocycles. The molecule has 22 heavy (non-hydrogen) atoms. The summed E-state index contributed by atoms with van der Waals surface area (Å²) in [5.74, 6) is 0. The summed E-state index contributed by atoms with van der Waals surface area (Å²) in [5.41, 5.74) is -3.09. The summed E-state index contributed by atoms with van der Waals surface area (Å²) in [7, 11) is 0. The van der Waals surface area contributed by atoms with Crippen molar-refractivity contribution >= 4 is 0 Å². The number of aliphatic hydroxyl groups excluding tert-OH is 1. The highest BCUT2D eigenvalue weighted by Crippen LogP contribution is 2.33. The number of halogens is 6. The van der Waals surface area contributed by atoms with Crippen LogP contribution in [0.3, 0.4) is 0 Å². The van der Waals surface area contributed by atoms with Crippen LogP contribution in [-0.2, 0) is 12.6 Å². The van der Waals surface area contributed by atoms with Crippen LogP contribution in [-0.4, -0.2) is 17.4 Å². The van der Waals surface area contributed by atoms with Gasteiger partial charge in [0.25, 0.3) is 0 Å². The molecule has 0 radical (unpaired) electrons. The standard InChI is InChI=1S/C14H11F6NO/c1-8(22)11(13(15,16)17)5-3-9-2-4-10(7-21)12(6-9)14(18,19)20/h2,4-6,8,22H,3H2,1H3. The summed E-state index contributed by atoms with van der Waals surface area (Å²) in [6.45, 7) is 0.916. The summed E-state index contributed by atoms with van der Waals surface area (Å²) >= 11 is 0. The van der Waals surface area contributed by atoms with E-state index < -0.39 is 41.6 Å². The van der Waals surface area contributed by atoms with Gasteiger partial charge in [0.15, 0.2) is 0 Å². The van der Waals surface area contributed by atoms with Crippen LogP contribution in [0.4, 0.5) is 26.3 Å². The Kier molecular flexibility index (Phi) is 5.25. The molecule has 0 aromatic heterocycles. The van der Waals surface area contributed by atoms with Crippen molar-refractivity contribution in [2.24, 2.45) is 0 Å². The summed E-state index contributed by atoms with van der Waals surface area (Å²) < 4.78 is 76.1. The minimum atomic E-state index is -4.78. The summed E-state index contributed by atoms with van der Waals surface area (Å²) in [4.78, 5) is 0. The molecule has 1 rings (SSSR count). The van der Waals surface area contributed by atoms with E-state index in [9.17, 15) is 26.3 Å². The first-order valence-corrected chi connectivity index (χ1v) is 6.02. The van der Waals surface area contributed by atoms with Crippen molar-refractivity contribution < 1.29 is 31.4 Å². The van der Waals surface area contributed by atoms with Crippen LogP contribution in [0.5, 0.6) is 0 Å². The first-order chi connectivity index (χ1) is 9.96. The molecule has 1 atom stereocenters. The second-order valence-corrected chi connectivity index (χ2v) is 4.53. The van der Waals surface area contributed by atoms with Crippen molar-refractivity contribution in [1.82, 2.24) is 0 Å². The molecule has 0 aliphatic carbocycles. The van der Waals surface area contributed by atoms with E-state index in [4.69, 9.17) is 10.4 Å². The molecule has 0 spiro atoms. The Hall–Kier alpha value is -2.01. The highest BCUT2D eigenvalue weighted by molar-refractivity contribution is 5.42. The molecule has 1 aromatic carbocycles. The molecule has 1 aromatic rings. The normalized spacial score (nSPS) is 14.6. The lowest BCUT2D eigenvalue weighted by molar-refractivity contribution is -0.137. The predicted octanol–water partition coefficient (Wildman–Crippen LogP) is 3.99. The van der Waals surface area contributed by atoms with E-state index in [2.05, 4.69) is 0 Å². The molecule has 1 unspecified atom stereocenters. The zero-order valence-corrected chi connectivity index (χ0v) is 11.3. The van der Waals surface area contributed by atoms with Gasteiger partial charge in [0.05, 0.1) is 28.9 Å². The first-order valence-electron chi connectivity index (χ1n) is 6.02. The largest absolute Gasteiger partial charge is 0.417 e. The number of allylic oxidation sites excluding steroid dienone is 1. The van der Waals surface area contributed by atoms with Gasteiger partial charge in [-0.05, 0) is 31.0 Å². The quantitative estimate of drug-likeness (QED) is 0.675. The average molecular weight is 323 g/mol. The molecule has 0 saturated heterocycles. The molecule has 2 nitrogen and oxygen atoms in total. The fraction of sp³-hybridized carbons (Fsp3) is 0.357. The van der Waals surface area contributed by atoms with Crippen molar-refractivity contribution in [2.75, 3.05) is 0 Å². The van der Waals surface area contributed by atoms with E-state index in [1.165, 1.54) is 6.07 Å². The van der Waals surface area contributed by atoms with Gasteiger partial charge in [0, 0.05) is 0 Å². The van der Waals surface area contributed by atoms with Crippen LogP contribution >= 0.6 is 0 Å². The van der Waals surface area contributed by atoms with Gasteiger partial charge in [-0.15, -0.1) is 0 Å². The van der Waals surface area contributed by atoms with E-state index in [1.54, 1.807) is 0 Å². The van der Waals surface area contributed by atoms with E-state index in [0.29, 0.717) is 12.1 Å². The molecule has 0 bridgehead atoms. The van der Waals surface area contributed by atoms with Crippen LogP contribution in [0.1, 0.15) is 23.6 Å². The Morgan fingerprint density at radius 3 is 2.27 bits per heavy atom. The lowest BCUT2D eigenvalue weighted by Crippen LogP contribution is -2.22. The lowest BCUT2D eigenvalue weighted by Gasteiger charge is -2.15. The third-order valence-corrected chi connectivity index (χ3v) is 2.84. The van der Waals surface area contributed by atoms with E-state index in [1.807, 2.05) is 0 Å². The minimum absolute atomic E-state index is 0.0475. The maximum absolute atomic E-state index is 12.7. The third kappa shape index (κ3) is 4.49. The van der Waals surface area contributed by atoms with Gasteiger partial charge >= 0.3 is 12.4 Å². The number of alkyl halides is 6. The Bertz CT molecular complexity index is 607. The third-order valence-electron chi connectivity index (χ3n) is 2.84. The maximum Gasteiger partial charge on any atom is 0.417 e. The van der Waals surface area contributed by atoms with Crippen LogP contribution in [0.15, 0.2) is 29.8 Å². The van der Waals surface area contributed by atoms with E-state index in [0.717, 1.165) is 19.1 Å². The molecular formula is C14H11F6NO. The molecule has 8 heteroatoms. The zero-order chi connectivity index (χ0) is 17.1. The van der Waals surface area contributed by atoms with Gasteiger partial charge in [-0.25, -0.2) is 0 Å². The molecule has 120 valence electrons. The zero-order valence-electron chi connectivity index (χ0n) is 11.3. The van der Waals surface area contributed by atoms with Crippen LogP contribution in [0.2, 0.25) is 0 Å². The highest BCUT2D eigenvalue weighted by Gasteiger charge is 2.36. The van der Waals surface area contributed by atoms with Crippen LogP contribution < -0.4 is 0 Å². The fourth-order valence-electron chi connectivity index (χ4n) is 1.80. The van der Waals surface area contributed by atoms with Gasteiger partial charge in [-0.3, -0.25) is 0 Å². The Balaban J connectivity index is 3.18. The van der Waals surface area contributed by atoms with Gasteiger partial charge in [-0.2, -0.15) is 31.6 Å². The predicted molar refractivity (Wildman–Crippen MR) is 65.7 cm³/mol. The minimum Gasteiger partial charge on any atom is -0.389 e. The fourth-order valence-corrected chi connectivity index (χ4v) is 1.80. The second-order valence-electron chi connectivity index (χ2n) is 4.53. The average Bonchev–Trinajstić information content (AvgIpc) is 2.35. The molecule has 0 heterocycles. The van der Waals surface area contributed by atoms with Crippen LogP contribution in [0.25, 0.3) is 0 Å². The SMILES string of the molecule is CC(O)C(=CCc1ccc(C#N)c(C(F)(F)F)c1)C(F)(F)F. The first kappa shape index (κ1) is 18.0. The lowest BCUT2D eigenvalue weighted by atomic mass is 10.0. The van der Waals surface area contributed by atoms with Gasteiger partial charge in [0.2, 0.25) is 0 Å². The van der Waals surface area contributed by atoms with Crippen molar-refractivity contribution in [2.45, 2.75) is 31.8 Å². The Morgan fingerprint density at radius 1 is 1.27 bits per heavy atom. The summed E-state index contributed by atoms with van der Waals surface area (Å²) in [6.07, 6.45) is -11.2. The molecule has 0 aliphatic heterocycles. The van der Waals surface area contributed by atoms with E-state index >= 15 is 0 Å². The summed E-state index contributed by atoms with van der Waals surface area (Å²) in [5, 5.41) is 17.7. The van der Waals surface area contributed by atoms with Gasteiger partial charge in [0.1, 0.15) is 0 Å². The van der Waals surface area contributed by atoms with Crippen molar-refractivity contribution in [1.29, 1.82) is 5.26 Å². The smallest absolute Gasteiger partial charge is 0.389 e. The molecule has 1 N–H and O–H groups in total. The van der Waals surface area contributed by atoms with Crippen molar-refractivity contribution in [3.05, 3.63) is 46.5 Å². The van der Waals surface area contributed by atoms with Crippen molar-refractivity contribution in [3.63, 3.8) is 0 Å². The molecule has 0 fully saturated rings. The Labute approximate surface area is 122 Å². The van der Waals surface area contributed by atoms with Gasteiger partial charge in [-0.1, -0.05) is 12.1 Å². The molecule has 0 aliphatic rings. The number of hydrogen-bond donors (Lipinski definition) is 1. The number of benzene rings is 1. The molecule has 0 amide bonds. The summed E-state index contributed by atoms with van der Waals surface area (Å²) in [6, 6.07) is 4.05. The second kappa shape index (κ2) is 6.40. The molecular weight excluding hydrogens is 312 g/mol. The number of nitrogens with zero attached hydrogens (tertiary/aromatic N) is 1. The monoisotopic (exact) mass is 323 g/mol. The number of hydrogen-bond acceptors (Lipinski definition) is 2. The van der Waals surface area contributed by atoms with Crippen LogP contribution in [0, 0.1) is 11.3 Å². The number of aliphatic hydroxyl groups is 1. The van der Waals surface area contributed by atoms with E-state index in [-0.39, 0.29) is 5.56 Å². The van der Waals surface area contributed by atoms with Gasteiger partial charge < -0.3 is 5.11 Å². The number of rotatable bonds is 3. The van der Waals surface area contributed by atoms with Crippen molar-refractivity contribution in [3.8, 4) is 6.07 Å². The topological polar surface area (TPSA) is 44.0 Å². The number of nitriles is 1. The maximum atomic E-state index is 12.7. The Morgan fingerprint density at radius 2 is 1.86 bits per heavy atom. The highest BCUT2D eigenvalue weighted by atomic mass is 19.4.